The SMILES string of the molecule is O=C1NC[C@H](C(=O)NC[C@@H](c2cccc(F)c2)N2CCOCC2)N1. The molecule has 1 aromatic rings. The van der Waals surface area contributed by atoms with E-state index in [1.54, 1.807) is 6.07 Å². The summed E-state index contributed by atoms with van der Waals surface area (Å²) in [6.45, 7) is 3.28. The molecule has 0 bridgehead atoms. The lowest BCUT2D eigenvalue weighted by molar-refractivity contribution is -0.122. The highest BCUT2D eigenvalue weighted by Gasteiger charge is 2.28. The summed E-state index contributed by atoms with van der Waals surface area (Å²) < 4.78 is 19.0. The van der Waals surface area contributed by atoms with Crippen LogP contribution < -0.4 is 16.0 Å². The van der Waals surface area contributed by atoms with Gasteiger partial charge in [0.2, 0.25) is 5.91 Å². The van der Waals surface area contributed by atoms with Crippen molar-refractivity contribution in [2.24, 2.45) is 0 Å². The highest BCUT2D eigenvalue weighted by molar-refractivity contribution is 5.90. The van der Waals surface area contributed by atoms with Gasteiger partial charge in [0.1, 0.15) is 11.9 Å². The molecule has 24 heavy (non-hydrogen) atoms. The van der Waals surface area contributed by atoms with Crippen LogP contribution >= 0.6 is 0 Å². The lowest BCUT2D eigenvalue weighted by Crippen LogP contribution is -2.48. The third kappa shape index (κ3) is 4.01. The first-order valence-electron chi connectivity index (χ1n) is 8.03. The van der Waals surface area contributed by atoms with Crippen molar-refractivity contribution in [2.45, 2.75) is 12.1 Å². The number of halogens is 1. The molecule has 2 heterocycles. The van der Waals surface area contributed by atoms with Gasteiger partial charge in [-0.3, -0.25) is 9.69 Å². The third-order valence-electron chi connectivity index (χ3n) is 4.28. The van der Waals surface area contributed by atoms with Crippen LogP contribution in [0.3, 0.4) is 0 Å². The maximum atomic E-state index is 13.6. The van der Waals surface area contributed by atoms with E-state index in [4.69, 9.17) is 4.74 Å². The Morgan fingerprint density at radius 3 is 2.88 bits per heavy atom. The van der Waals surface area contributed by atoms with Gasteiger partial charge in [0.15, 0.2) is 0 Å². The van der Waals surface area contributed by atoms with E-state index < -0.39 is 6.04 Å². The smallest absolute Gasteiger partial charge is 0.315 e. The van der Waals surface area contributed by atoms with Gasteiger partial charge in [-0.1, -0.05) is 12.1 Å². The molecule has 0 aromatic heterocycles. The summed E-state index contributed by atoms with van der Waals surface area (Å²) in [5.74, 6) is -0.549. The lowest BCUT2D eigenvalue weighted by Gasteiger charge is -2.35. The molecule has 0 aliphatic carbocycles. The fourth-order valence-electron chi connectivity index (χ4n) is 2.99. The van der Waals surface area contributed by atoms with Crippen LogP contribution in [-0.4, -0.2) is 62.3 Å². The fourth-order valence-corrected chi connectivity index (χ4v) is 2.99. The van der Waals surface area contributed by atoms with Crippen LogP contribution in [0.2, 0.25) is 0 Å². The van der Waals surface area contributed by atoms with Gasteiger partial charge in [-0.2, -0.15) is 0 Å². The number of amides is 3. The summed E-state index contributed by atoms with van der Waals surface area (Å²) in [7, 11) is 0. The normalized spacial score (nSPS) is 22.5. The molecule has 2 aliphatic rings. The second-order valence-electron chi connectivity index (χ2n) is 5.87. The number of hydrogen-bond acceptors (Lipinski definition) is 4. The van der Waals surface area contributed by atoms with Crippen molar-refractivity contribution in [1.29, 1.82) is 0 Å². The van der Waals surface area contributed by atoms with Gasteiger partial charge in [0.05, 0.1) is 19.3 Å². The largest absolute Gasteiger partial charge is 0.379 e. The highest BCUT2D eigenvalue weighted by atomic mass is 19.1. The number of benzene rings is 1. The molecule has 0 unspecified atom stereocenters. The molecule has 0 saturated carbocycles. The van der Waals surface area contributed by atoms with Gasteiger partial charge in [-0.25, -0.2) is 9.18 Å². The van der Waals surface area contributed by atoms with Crippen LogP contribution in [0.15, 0.2) is 24.3 Å². The highest BCUT2D eigenvalue weighted by Crippen LogP contribution is 2.22. The molecular formula is C16H21FN4O3. The Balaban J connectivity index is 1.67. The van der Waals surface area contributed by atoms with Crippen LogP contribution in [0.1, 0.15) is 11.6 Å². The number of rotatable bonds is 5. The first-order chi connectivity index (χ1) is 11.6. The molecule has 7 nitrogen and oxygen atoms in total. The van der Waals surface area contributed by atoms with Crippen LogP contribution in [-0.2, 0) is 9.53 Å². The average molecular weight is 336 g/mol. The number of nitrogens with one attached hydrogen (secondary N) is 3. The molecule has 3 N–H and O–H groups in total. The first kappa shape index (κ1) is 16.7. The average Bonchev–Trinajstić information content (AvgIpc) is 3.02. The monoisotopic (exact) mass is 336 g/mol. The lowest BCUT2D eigenvalue weighted by atomic mass is 10.0. The minimum atomic E-state index is -0.574. The quantitative estimate of drug-likeness (QED) is 0.707. The number of ether oxygens (including phenoxy) is 1. The third-order valence-corrected chi connectivity index (χ3v) is 4.28. The molecule has 2 saturated heterocycles. The van der Waals surface area contributed by atoms with Crippen molar-refractivity contribution in [1.82, 2.24) is 20.9 Å². The van der Waals surface area contributed by atoms with Crippen molar-refractivity contribution >= 4 is 11.9 Å². The van der Waals surface area contributed by atoms with Gasteiger partial charge in [0, 0.05) is 26.2 Å². The summed E-state index contributed by atoms with van der Waals surface area (Å²) in [5, 5.41) is 7.97. The molecule has 0 spiro atoms. The number of nitrogens with zero attached hydrogens (tertiary/aromatic N) is 1. The predicted octanol–water partition coefficient (Wildman–Crippen LogP) is -0.00340. The van der Waals surface area contributed by atoms with Crippen molar-refractivity contribution < 1.29 is 18.7 Å². The van der Waals surface area contributed by atoms with E-state index in [1.807, 2.05) is 6.07 Å². The minimum Gasteiger partial charge on any atom is -0.379 e. The van der Waals surface area contributed by atoms with Gasteiger partial charge in [-0.05, 0) is 17.7 Å². The van der Waals surface area contributed by atoms with Gasteiger partial charge >= 0.3 is 6.03 Å². The molecule has 130 valence electrons. The minimum absolute atomic E-state index is 0.140. The number of morpholine rings is 1. The van der Waals surface area contributed by atoms with Crippen molar-refractivity contribution in [3.63, 3.8) is 0 Å². The van der Waals surface area contributed by atoms with Gasteiger partial charge in [-0.15, -0.1) is 0 Å². The van der Waals surface area contributed by atoms with Crippen molar-refractivity contribution in [3.8, 4) is 0 Å². The number of urea groups is 1. The van der Waals surface area contributed by atoms with Crippen molar-refractivity contribution in [3.05, 3.63) is 35.6 Å². The van der Waals surface area contributed by atoms with E-state index in [0.717, 1.165) is 18.7 Å². The first-order valence-corrected chi connectivity index (χ1v) is 8.03. The van der Waals surface area contributed by atoms with Crippen molar-refractivity contribution in [2.75, 3.05) is 39.4 Å². The van der Waals surface area contributed by atoms with E-state index in [0.29, 0.717) is 19.8 Å². The van der Waals surface area contributed by atoms with E-state index in [9.17, 15) is 14.0 Å². The maximum absolute atomic E-state index is 13.6. The Hall–Kier alpha value is -2.19. The maximum Gasteiger partial charge on any atom is 0.315 e. The molecule has 8 heteroatoms. The zero-order chi connectivity index (χ0) is 16.9. The summed E-state index contributed by atoms with van der Waals surface area (Å²) >= 11 is 0. The number of hydrogen-bond donors (Lipinski definition) is 3. The van der Waals surface area contributed by atoms with E-state index in [1.165, 1.54) is 12.1 Å². The Labute approximate surface area is 139 Å². The summed E-state index contributed by atoms with van der Waals surface area (Å²) in [5.41, 5.74) is 0.811. The van der Waals surface area contributed by atoms with Crippen LogP contribution in [0.25, 0.3) is 0 Å². The summed E-state index contributed by atoms with van der Waals surface area (Å²) in [6.07, 6.45) is 0. The Kier molecular flexibility index (Phi) is 5.27. The fraction of sp³-hybridized carbons (Fsp3) is 0.500. The molecule has 2 atom stereocenters. The Bertz CT molecular complexity index is 607. The summed E-state index contributed by atoms with van der Waals surface area (Å²) in [6, 6.07) is 5.36. The summed E-state index contributed by atoms with van der Waals surface area (Å²) in [4.78, 5) is 25.5. The Morgan fingerprint density at radius 2 is 2.21 bits per heavy atom. The number of carbonyl (C=O) groups excluding carboxylic acids is 2. The zero-order valence-electron chi connectivity index (χ0n) is 13.3. The van der Waals surface area contributed by atoms with E-state index in [2.05, 4.69) is 20.9 Å². The van der Waals surface area contributed by atoms with E-state index in [-0.39, 0.29) is 30.3 Å². The molecule has 2 fully saturated rings. The number of carbonyl (C=O) groups is 2. The molecule has 3 rings (SSSR count). The topological polar surface area (TPSA) is 82.7 Å². The van der Waals surface area contributed by atoms with Gasteiger partial charge in [0.25, 0.3) is 0 Å². The van der Waals surface area contributed by atoms with E-state index >= 15 is 0 Å². The molecule has 0 radical (unpaired) electrons. The zero-order valence-corrected chi connectivity index (χ0v) is 13.3. The predicted molar refractivity (Wildman–Crippen MR) is 84.9 cm³/mol. The molecule has 1 aromatic carbocycles. The van der Waals surface area contributed by atoms with Gasteiger partial charge < -0.3 is 20.7 Å². The molecule has 3 amide bonds. The van der Waals surface area contributed by atoms with Crippen LogP contribution in [0.5, 0.6) is 0 Å². The Morgan fingerprint density at radius 1 is 1.42 bits per heavy atom. The standard InChI is InChI=1S/C16H21FN4O3/c17-12-3-1-2-11(8-12)14(21-4-6-24-7-5-21)10-18-15(22)13-9-19-16(23)20-13/h1-3,8,13-14H,4-7,9-10H2,(H,18,22)(H2,19,20,23)/t13-,14+/m1/s1. The van der Waals surface area contributed by atoms with Crippen LogP contribution in [0.4, 0.5) is 9.18 Å². The second-order valence-corrected chi connectivity index (χ2v) is 5.87. The van der Waals surface area contributed by atoms with Crippen LogP contribution in [0, 0.1) is 5.82 Å². The molecular weight excluding hydrogens is 315 g/mol. The molecule has 2 aliphatic heterocycles. The second kappa shape index (κ2) is 7.59.